The molecule has 1 aromatic heterocycles. The molecule has 0 saturated carbocycles. The Morgan fingerprint density at radius 1 is 1.32 bits per heavy atom. The molecular weight excluding hydrogens is 320 g/mol. The molecule has 7 heteroatoms. The van der Waals surface area contributed by atoms with Crippen LogP contribution in [0.2, 0.25) is 0 Å². The van der Waals surface area contributed by atoms with E-state index in [2.05, 4.69) is 10.3 Å². The molecule has 1 fully saturated rings. The van der Waals surface area contributed by atoms with Crippen LogP contribution >= 0.6 is 0 Å². The van der Waals surface area contributed by atoms with E-state index in [0.717, 1.165) is 24.9 Å². The van der Waals surface area contributed by atoms with Gasteiger partial charge in [-0.2, -0.15) is 0 Å². The van der Waals surface area contributed by atoms with Gasteiger partial charge >= 0.3 is 6.03 Å². The van der Waals surface area contributed by atoms with Crippen molar-refractivity contribution in [1.82, 2.24) is 19.8 Å². The molecule has 2 amide bonds. The number of hydrogen-bond donors (Lipinski definition) is 1. The number of urea groups is 1. The van der Waals surface area contributed by atoms with Crippen LogP contribution in [-0.4, -0.2) is 47.8 Å². The number of carbonyl (C=O) groups is 1. The third-order valence-electron chi connectivity index (χ3n) is 4.51. The average Bonchev–Trinajstić information content (AvgIpc) is 3.32. The van der Waals surface area contributed by atoms with Crippen molar-refractivity contribution in [1.29, 1.82) is 0 Å². The van der Waals surface area contributed by atoms with Gasteiger partial charge in [-0.3, -0.25) is 0 Å². The topological polar surface area (TPSA) is 68.6 Å². The van der Waals surface area contributed by atoms with Gasteiger partial charge in [0, 0.05) is 32.0 Å². The first-order chi connectivity index (χ1) is 12.2. The summed E-state index contributed by atoms with van der Waals surface area (Å²) in [6.07, 6.45) is 7.30. The summed E-state index contributed by atoms with van der Waals surface area (Å²) in [6, 6.07) is 5.89. The van der Waals surface area contributed by atoms with Crippen LogP contribution in [0.25, 0.3) is 0 Å². The molecule has 134 valence electrons. The van der Waals surface area contributed by atoms with Gasteiger partial charge < -0.3 is 24.3 Å². The van der Waals surface area contributed by atoms with Crippen molar-refractivity contribution in [2.24, 2.45) is 0 Å². The van der Waals surface area contributed by atoms with Crippen molar-refractivity contribution in [3.63, 3.8) is 0 Å². The first kappa shape index (κ1) is 17.1. The Balaban J connectivity index is 1.64. The Morgan fingerprint density at radius 2 is 2.16 bits per heavy atom. The predicted molar refractivity (Wildman–Crippen MR) is 93.9 cm³/mol. The fourth-order valence-corrected chi connectivity index (χ4v) is 3.23. The fourth-order valence-electron chi connectivity index (χ4n) is 3.23. The van der Waals surface area contributed by atoms with E-state index in [0.29, 0.717) is 24.6 Å². The molecule has 1 aromatic carbocycles. The van der Waals surface area contributed by atoms with Crippen molar-refractivity contribution in [3.8, 4) is 11.5 Å². The van der Waals surface area contributed by atoms with E-state index in [1.54, 1.807) is 26.7 Å². The smallest absolute Gasteiger partial charge is 0.317 e. The van der Waals surface area contributed by atoms with Crippen molar-refractivity contribution < 1.29 is 14.3 Å². The van der Waals surface area contributed by atoms with Crippen LogP contribution in [-0.2, 0) is 6.54 Å². The third-order valence-corrected chi connectivity index (χ3v) is 4.51. The highest BCUT2D eigenvalue weighted by molar-refractivity contribution is 5.75. The van der Waals surface area contributed by atoms with Gasteiger partial charge in [0.15, 0.2) is 11.5 Å². The summed E-state index contributed by atoms with van der Waals surface area (Å²) in [6.45, 7) is 2.04. The van der Waals surface area contributed by atoms with Crippen molar-refractivity contribution in [2.75, 3.05) is 27.3 Å². The Labute approximate surface area is 147 Å². The van der Waals surface area contributed by atoms with Crippen molar-refractivity contribution >= 4 is 6.03 Å². The average molecular weight is 344 g/mol. The van der Waals surface area contributed by atoms with Crippen LogP contribution in [0.15, 0.2) is 36.9 Å². The molecule has 1 saturated heterocycles. The lowest BCUT2D eigenvalue weighted by molar-refractivity contribution is 0.192. The molecule has 2 aromatic rings. The molecule has 1 aliphatic heterocycles. The number of nitrogens with one attached hydrogen (secondary N) is 1. The summed E-state index contributed by atoms with van der Waals surface area (Å²) in [5.41, 5.74) is 1.07. The number of likely N-dealkylation sites (tertiary alicyclic amines) is 1. The van der Waals surface area contributed by atoms with Gasteiger partial charge in [0.25, 0.3) is 0 Å². The van der Waals surface area contributed by atoms with Crippen LogP contribution in [0.4, 0.5) is 4.79 Å². The number of ether oxygens (including phenoxy) is 2. The molecule has 0 spiro atoms. The number of amides is 2. The number of imidazole rings is 1. The number of benzene rings is 1. The van der Waals surface area contributed by atoms with Gasteiger partial charge in [-0.05, 0) is 30.5 Å². The summed E-state index contributed by atoms with van der Waals surface area (Å²) in [5.74, 6) is 1.38. The highest BCUT2D eigenvalue weighted by atomic mass is 16.5. The second kappa shape index (κ2) is 7.92. The minimum Gasteiger partial charge on any atom is -0.493 e. The monoisotopic (exact) mass is 344 g/mol. The number of carbonyl (C=O) groups excluding carboxylic acids is 1. The molecule has 1 aliphatic rings. The molecular formula is C18H24N4O3. The minimum atomic E-state index is -0.0302. The SMILES string of the molecule is COc1ccc([C@H]2CCCN2C(=O)NCCn2ccnc2)cc1OC. The molecule has 0 unspecified atom stereocenters. The van der Waals surface area contributed by atoms with Crippen molar-refractivity contribution in [3.05, 3.63) is 42.5 Å². The number of methoxy groups -OCH3 is 2. The van der Waals surface area contributed by atoms with E-state index in [1.807, 2.05) is 33.9 Å². The van der Waals surface area contributed by atoms with Gasteiger partial charge in [-0.1, -0.05) is 6.07 Å². The predicted octanol–water partition coefficient (Wildman–Crippen LogP) is 2.45. The summed E-state index contributed by atoms with van der Waals surface area (Å²) in [5, 5.41) is 3.00. The van der Waals surface area contributed by atoms with Gasteiger partial charge in [0.05, 0.1) is 26.6 Å². The second-order valence-electron chi connectivity index (χ2n) is 6.00. The summed E-state index contributed by atoms with van der Waals surface area (Å²) in [7, 11) is 3.24. The van der Waals surface area contributed by atoms with Crippen LogP contribution < -0.4 is 14.8 Å². The molecule has 1 N–H and O–H groups in total. The van der Waals surface area contributed by atoms with E-state index >= 15 is 0 Å². The van der Waals surface area contributed by atoms with E-state index in [9.17, 15) is 4.79 Å². The Kier molecular flexibility index (Phi) is 5.42. The van der Waals surface area contributed by atoms with Gasteiger partial charge in [0.1, 0.15) is 0 Å². The minimum absolute atomic E-state index is 0.0302. The van der Waals surface area contributed by atoms with Crippen LogP contribution in [0, 0.1) is 0 Å². The number of rotatable bonds is 6. The molecule has 1 atom stereocenters. The maximum atomic E-state index is 12.6. The largest absolute Gasteiger partial charge is 0.493 e. The molecule has 0 radical (unpaired) electrons. The Morgan fingerprint density at radius 3 is 2.88 bits per heavy atom. The van der Waals surface area contributed by atoms with E-state index in [-0.39, 0.29) is 12.1 Å². The maximum absolute atomic E-state index is 12.6. The fraction of sp³-hybridized carbons (Fsp3) is 0.444. The highest BCUT2D eigenvalue weighted by Gasteiger charge is 2.30. The van der Waals surface area contributed by atoms with Gasteiger partial charge in [-0.15, -0.1) is 0 Å². The first-order valence-corrected chi connectivity index (χ1v) is 8.45. The lowest BCUT2D eigenvalue weighted by atomic mass is 10.0. The van der Waals surface area contributed by atoms with E-state index < -0.39 is 0 Å². The summed E-state index contributed by atoms with van der Waals surface area (Å²) >= 11 is 0. The molecule has 25 heavy (non-hydrogen) atoms. The highest BCUT2D eigenvalue weighted by Crippen LogP contribution is 2.36. The third kappa shape index (κ3) is 3.87. The van der Waals surface area contributed by atoms with E-state index in [4.69, 9.17) is 9.47 Å². The molecule has 0 bridgehead atoms. The summed E-state index contributed by atoms with van der Waals surface area (Å²) < 4.78 is 12.6. The normalized spacial score (nSPS) is 16.7. The molecule has 7 nitrogen and oxygen atoms in total. The number of aromatic nitrogens is 2. The van der Waals surface area contributed by atoms with Gasteiger partial charge in [-0.25, -0.2) is 9.78 Å². The Hall–Kier alpha value is -2.70. The van der Waals surface area contributed by atoms with Crippen molar-refractivity contribution in [2.45, 2.75) is 25.4 Å². The molecule has 3 rings (SSSR count). The number of hydrogen-bond acceptors (Lipinski definition) is 4. The lowest BCUT2D eigenvalue weighted by Gasteiger charge is -2.26. The second-order valence-corrected chi connectivity index (χ2v) is 6.00. The first-order valence-electron chi connectivity index (χ1n) is 8.45. The molecule has 2 heterocycles. The maximum Gasteiger partial charge on any atom is 0.317 e. The van der Waals surface area contributed by atoms with Crippen LogP contribution in [0.5, 0.6) is 11.5 Å². The number of nitrogens with zero attached hydrogens (tertiary/aromatic N) is 3. The standard InChI is InChI=1S/C18H24N4O3/c1-24-16-6-5-14(12-17(16)25-2)15-4-3-9-22(15)18(23)20-8-11-21-10-7-19-13-21/h5-7,10,12-13,15H,3-4,8-9,11H2,1-2H3,(H,20,23)/t15-/m1/s1. The van der Waals surface area contributed by atoms with Crippen LogP contribution in [0.3, 0.4) is 0 Å². The molecule has 0 aliphatic carbocycles. The summed E-state index contributed by atoms with van der Waals surface area (Å²) in [4.78, 5) is 18.5. The van der Waals surface area contributed by atoms with Gasteiger partial charge in [0.2, 0.25) is 0 Å². The van der Waals surface area contributed by atoms with Crippen LogP contribution in [0.1, 0.15) is 24.4 Å². The zero-order chi connectivity index (χ0) is 17.6. The zero-order valence-corrected chi connectivity index (χ0v) is 14.6. The zero-order valence-electron chi connectivity index (χ0n) is 14.6. The quantitative estimate of drug-likeness (QED) is 0.874. The lowest BCUT2D eigenvalue weighted by Crippen LogP contribution is -2.40. The Bertz CT molecular complexity index is 702. The van der Waals surface area contributed by atoms with E-state index in [1.165, 1.54) is 0 Å².